The molecular formula is C14H30N2O2. The highest BCUT2D eigenvalue weighted by Crippen LogP contribution is 2.14. The summed E-state index contributed by atoms with van der Waals surface area (Å²) >= 11 is 0. The van der Waals surface area contributed by atoms with Gasteiger partial charge in [0.2, 0.25) is 5.91 Å². The third-order valence-corrected chi connectivity index (χ3v) is 3.06. The molecule has 2 N–H and O–H groups in total. The van der Waals surface area contributed by atoms with Crippen LogP contribution >= 0.6 is 0 Å². The van der Waals surface area contributed by atoms with E-state index in [-0.39, 0.29) is 11.5 Å². The van der Waals surface area contributed by atoms with E-state index in [1.54, 1.807) is 0 Å². The highest BCUT2D eigenvalue weighted by atomic mass is 16.5. The zero-order chi connectivity index (χ0) is 14.0. The quantitative estimate of drug-likeness (QED) is 0.631. The summed E-state index contributed by atoms with van der Waals surface area (Å²) in [4.78, 5) is 11.3. The monoisotopic (exact) mass is 258 g/mol. The zero-order valence-electron chi connectivity index (χ0n) is 12.6. The molecule has 0 aliphatic heterocycles. The Hall–Kier alpha value is -0.610. The summed E-state index contributed by atoms with van der Waals surface area (Å²) in [5.74, 6) is 0.136. The zero-order valence-corrected chi connectivity index (χ0v) is 12.6. The summed E-state index contributed by atoms with van der Waals surface area (Å²) in [7, 11) is 1.96. The van der Waals surface area contributed by atoms with Crippen molar-refractivity contribution in [1.29, 1.82) is 0 Å². The lowest BCUT2D eigenvalue weighted by molar-refractivity contribution is -0.121. The number of amides is 1. The first-order valence-electron chi connectivity index (χ1n) is 6.99. The molecule has 0 heterocycles. The van der Waals surface area contributed by atoms with Gasteiger partial charge in [0.15, 0.2) is 0 Å². The Bertz CT molecular complexity index is 230. The van der Waals surface area contributed by atoms with Gasteiger partial charge in [-0.3, -0.25) is 4.79 Å². The minimum absolute atomic E-state index is 0.136. The molecule has 0 rings (SSSR count). The Morgan fingerprint density at radius 3 is 2.61 bits per heavy atom. The maximum Gasteiger partial charge on any atom is 0.219 e. The second kappa shape index (κ2) is 9.34. The van der Waals surface area contributed by atoms with Gasteiger partial charge in [0.05, 0.1) is 5.60 Å². The Balaban J connectivity index is 3.69. The Labute approximate surface area is 112 Å². The molecule has 0 fully saturated rings. The first-order valence-corrected chi connectivity index (χ1v) is 6.99. The van der Waals surface area contributed by atoms with Crippen LogP contribution in [0.2, 0.25) is 0 Å². The third-order valence-electron chi connectivity index (χ3n) is 3.06. The van der Waals surface area contributed by atoms with Gasteiger partial charge in [0.25, 0.3) is 0 Å². The summed E-state index contributed by atoms with van der Waals surface area (Å²) in [6.45, 7) is 9.73. The molecule has 1 unspecified atom stereocenters. The fourth-order valence-electron chi connectivity index (χ4n) is 1.55. The van der Waals surface area contributed by atoms with Gasteiger partial charge in [-0.25, -0.2) is 0 Å². The van der Waals surface area contributed by atoms with Crippen molar-refractivity contribution in [2.75, 3.05) is 20.2 Å². The van der Waals surface area contributed by atoms with Crippen molar-refractivity contribution < 1.29 is 9.53 Å². The molecule has 0 saturated heterocycles. The molecular weight excluding hydrogens is 228 g/mol. The van der Waals surface area contributed by atoms with E-state index in [0.29, 0.717) is 19.0 Å². The topological polar surface area (TPSA) is 50.4 Å². The third kappa shape index (κ3) is 9.42. The van der Waals surface area contributed by atoms with E-state index in [0.717, 1.165) is 25.9 Å². The molecule has 1 amide bonds. The molecule has 4 heteroatoms. The van der Waals surface area contributed by atoms with Crippen molar-refractivity contribution in [2.24, 2.45) is 0 Å². The largest absolute Gasteiger partial charge is 0.375 e. The summed E-state index contributed by atoms with van der Waals surface area (Å²) in [5, 5.41) is 6.11. The molecule has 0 aliphatic rings. The summed E-state index contributed by atoms with van der Waals surface area (Å²) < 4.78 is 5.85. The van der Waals surface area contributed by atoms with Crippen LogP contribution in [-0.4, -0.2) is 37.7 Å². The smallest absolute Gasteiger partial charge is 0.219 e. The van der Waals surface area contributed by atoms with E-state index in [9.17, 15) is 4.79 Å². The lowest BCUT2D eigenvalue weighted by Crippen LogP contribution is -2.34. The first-order chi connectivity index (χ1) is 8.41. The van der Waals surface area contributed by atoms with Crippen molar-refractivity contribution >= 4 is 5.91 Å². The van der Waals surface area contributed by atoms with Crippen LogP contribution in [0.25, 0.3) is 0 Å². The van der Waals surface area contributed by atoms with Gasteiger partial charge in [-0.2, -0.15) is 0 Å². The Morgan fingerprint density at radius 1 is 1.39 bits per heavy atom. The average Bonchev–Trinajstić information content (AvgIpc) is 2.28. The molecule has 0 spiro atoms. The molecule has 0 bridgehead atoms. The standard InChI is InChI=1S/C14H30N2O2/c1-6-7-13(17)16-10-9-14(3,4)18-11-8-12(2)15-5/h12,15H,6-11H2,1-5H3,(H,16,17). The van der Waals surface area contributed by atoms with Gasteiger partial charge in [-0.05, 0) is 47.1 Å². The molecule has 0 aromatic heterocycles. The molecule has 108 valence electrons. The van der Waals surface area contributed by atoms with E-state index in [4.69, 9.17) is 4.74 Å². The Kier molecular flexibility index (Phi) is 9.02. The lowest BCUT2D eigenvalue weighted by Gasteiger charge is -2.26. The molecule has 0 radical (unpaired) electrons. The van der Waals surface area contributed by atoms with Gasteiger partial charge < -0.3 is 15.4 Å². The second-order valence-corrected chi connectivity index (χ2v) is 5.44. The number of carbonyl (C=O) groups excluding carboxylic acids is 1. The van der Waals surface area contributed by atoms with Crippen LogP contribution < -0.4 is 10.6 Å². The number of hydrogen-bond acceptors (Lipinski definition) is 3. The fourth-order valence-corrected chi connectivity index (χ4v) is 1.55. The summed E-state index contributed by atoms with van der Waals surface area (Å²) in [6.07, 6.45) is 3.35. The predicted molar refractivity (Wildman–Crippen MR) is 75.7 cm³/mol. The van der Waals surface area contributed by atoms with E-state index in [1.807, 2.05) is 14.0 Å². The summed E-state index contributed by atoms with van der Waals surface area (Å²) in [5.41, 5.74) is -0.174. The van der Waals surface area contributed by atoms with Gasteiger partial charge in [-0.15, -0.1) is 0 Å². The number of rotatable bonds is 10. The van der Waals surface area contributed by atoms with Crippen LogP contribution in [0, 0.1) is 0 Å². The molecule has 1 atom stereocenters. The van der Waals surface area contributed by atoms with Crippen molar-refractivity contribution in [3.05, 3.63) is 0 Å². The molecule has 4 nitrogen and oxygen atoms in total. The molecule has 0 aromatic carbocycles. The first kappa shape index (κ1) is 17.4. The fraction of sp³-hybridized carbons (Fsp3) is 0.929. The van der Waals surface area contributed by atoms with Crippen molar-refractivity contribution in [1.82, 2.24) is 10.6 Å². The predicted octanol–water partition coefficient (Wildman–Crippen LogP) is 2.09. The summed E-state index contributed by atoms with van der Waals surface area (Å²) in [6, 6.07) is 0.477. The number of hydrogen-bond donors (Lipinski definition) is 2. The lowest BCUT2D eigenvalue weighted by atomic mass is 10.1. The van der Waals surface area contributed by atoms with Crippen molar-refractivity contribution in [2.45, 2.75) is 65.0 Å². The SMILES string of the molecule is CCCC(=O)NCCC(C)(C)OCCC(C)NC. The van der Waals surface area contributed by atoms with E-state index in [2.05, 4.69) is 31.4 Å². The normalized spacial score (nSPS) is 13.4. The Morgan fingerprint density at radius 2 is 2.06 bits per heavy atom. The van der Waals surface area contributed by atoms with Gasteiger partial charge in [-0.1, -0.05) is 6.92 Å². The van der Waals surface area contributed by atoms with E-state index < -0.39 is 0 Å². The highest BCUT2D eigenvalue weighted by molar-refractivity contribution is 5.75. The average molecular weight is 258 g/mol. The second-order valence-electron chi connectivity index (χ2n) is 5.44. The molecule has 0 aromatic rings. The van der Waals surface area contributed by atoms with Crippen molar-refractivity contribution in [3.63, 3.8) is 0 Å². The van der Waals surface area contributed by atoms with Gasteiger partial charge >= 0.3 is 0 Å². The van der Waals surface area contributed by atoms with E-state index >= 15 is 0 Å². The minimum Gasteiger partial charge on any atom is -0.375 e. The minimum atomic E-state index is -0.174. The molecule has 0 aliphatic carbocycles. The maximum absolute atomic E-state index is 11.3. The van der Waals surface area contributed by atoms with Crippen LogP contribution in [0.1, 0.15) is 53.4 Å². The van der Waals surface area contributed by atoms with E-state index in [1.165, 1.54) is 0 Å². The van der Waals surface area contributed by atoms with Crippen LogP contribution in [-0.2, 0) is 9.53 Å². The number of nitrogens with one attached hydrogen (secondary N) is 2. The van der Waals surface area contributed by atoms with Crippen LogP contribution in [0.15, 0.2) is 0 Å². The van der Waals surface area contributed by atoms with Gasteiger partial charge in [0.1, 0.15) is 0 Å². The van der Waals surface area contributed by atoms with Gasteiger partial charge in [0, 0.05) is 25.6 Å². The molecule has 18 heavy (non-hydrogen) atoms. The number of carbonyl (C=O) groups is 1. The van der Waals surface area contributed by atoms with Crippen LogP contribution in [0.4, 0.5) is 0 Å². The van der Waals surface area contributed by atoms with Crippen LogP contribution in [0.5, 0.6) is 0 Å². The maximum atomic E-state index is 11.3. The molecule has 0 saturated carbocycles. The van der Waals surface area contributed by atoms with Crippen molar-refractivity contribution in [3.8, 4) is 0 Å². The van der Waals surface area contributed by atoms with Crippen LogP contribution in [0.3, 0.4) is 0 Å². The number of ether oxygens (including phenoxy) is 1. The highest BCUT2D eigenvalue weighted by Gasteiger charge is 2.18.